The first-order valence-electron chi connectivity index (χ1n) is 34.6. The predicted octanol–water partition coefficient (Wildman–Crippen LogP) is 10.9. The van der Waals surface area contributed by atoms with Crippen molar-refractivity contribution in [2.24, 2.45) is 0 Å². The quantitative estimate of drug-likeness (QED) is 0.0198. The Morgan fingerprint density at radius 2 is 0.594 bits per heavy atom. The number of benzene rings is 6. The summed E-state index contributed by atoms with van der Waals surface area (Å²) in [6.07, 6.45) is 18.0. The minimum atomic E-state index is -0.309. The van der Waals surface area contributed by atoms with E-state index in [1.54, 1.807) is 26.4 Å². The Hall–Kier alpha value is -9.32. The van der Waals surface area contributed by atoms with Crippen molar-refractivity contribution in [3.8, 4) is 22.6 Å². The zero-order valence-corrected chi connectivity index (χ0v) is 56.6. The standard InChI is InChI=1S/C78H102N8O10/c1-95-69-41-37-63(38-42-69)47-53-81-73(89)59-85(57-71(87)79-51-45-61-27-17-15-18-28-61)75(91)35-21-11-7-3-5-9-13-23-49-83-77(93)67-33-25-31-65(55-67)66-32-26-34-68(56-66)78(94)84-50-24-14-10-6-4-8-12-22-36-76(92)86(58-72(88)80-52-46-62-29-19-16-20-30-62)60-74(90)82-54-48-64-39-43-70(96-2)44-40-64/h15-20,25-34,37-44,55-56H,3-14,21-24,35-36,45-54,57-60H2,1-2H3,(H,79,87)(H,80,88)(H,81,89)(H,82,90)(H,83,93)(H,84,94). The molecule has 96 heavy (non-hydrogen) atoms. The van der Waals surface area contributed by atoms with Gasteiger partial charge in [-0.15, -0.1) is 0 Å². The lowest BCUT2D eigenvalue weighted by Crippen LogP contribution is -2.46. The summed E-state index contributed by atoms with van der Waals surface area (Å²) in [4.78, 5) is 108. The number of carbonyl (C=O) groups is 8. The number of nitrogens with zero attached hydrogens (tertiary/aromatic N) is 2. The van der Waals surface area contributed by atoms with E-state index in [0.29, 0.717) is 88.9 Å². The van der Waals surface area contributed by atoms with Gasteiger partial charge in [0, 0.05) is 63.2 Å². The van der Waals surface area contributed by atoms with Gasteiger partial charge in [-0.25, -0.2) is 0 Å². The van der Waals surface area contributed by atoms with Gasteiger partial charge in [-0.3, -0.25) is 38.4 Å². The molecule has 18 nitrogen and oxygen atoms in total. The van der Waals surface area contributed by atoms with Gasteiger partial charge < -0.3 is 51.2 Å². The fourth-order valence-corrected chi connectivity index (χ4v) is 11.2. The lowest BCUT2D eigenvalue weighted by Gasteiger charge is -2.22. The van der Waals surface area contributed by atoms with E-state index in [4.69, 9.17) is 9.47 Å². The molecular formula is C78H102N8O10. The van der Waals surface area contributed by atoms with Gasteiger partial charge in [0.2, 0.25) is 35.4 Å². The molecule has 0 radical (unpaired) electrons. The molecule has 6 rings (SSSR count). The SMILES string of the molecule is COc1ccc(CCNC(=O)CN(CC(=O)NCCc2ccccc2)C(=O)CCCCCCCCCCNC(=O)c2cccc(-c3cccc(C(=O)NCCCCCCCCCCC(=O)N(CC(=O)NCCc4ccccc4)CC(=O)NCCc4ccc(OC)cc4)c3)c2)cc1. The highest BCUT2D eigenvalue weighted by Crippen LogP contribution is 2.23. The molecule has 0 unspecified atom stereocenters. The molecule has 6 aromatic rings. The number of carbonyl (C=O) groups excluding carboxylic acids is 8. The highest BCUT2D eigenvalue weighted by atomic mass is 16.5. The Morgan fingerprint density at radius 1 is 0.302 bits per heavy atom. The molecule has 0 aliphatic rings. The van der Waals surface area contributed by atoms with E-state index in [1.807, 2.05) is 146 Å². The first-order chi connectivity index (χ1) is 46.8. The summed E-state index contributed by atoms with van der Waals surface area (Å²) in [7, 11) is 3.23. The van der Waals surface area contributed by atoms with E-state index in [2.05, 4.69) is 31.9 Å². The third kappa shape index (κ3) is 30.8. The van der Waals surface area contributed by atoms with E-state index in [1.165, 1.54) is 9.80 Å². The average Bonchev–Trinajstić information content (AvgIpc) is 0.947. The van der Waals surface area contributed by atoms with Gasteiger partial charge in [0.05, 0.1) is 14.2 Å². The van der Waals surface area contributed by atoms with Crippen molar-refractivity contribution >= 4 is 47.3 Å². The van der Waals surface area contributed by atoms with Gasteiger partial charge in [0.1, 0.15) is 37.7 Å². The van der Waals surface area contributed by atoms with E-state index in [0.717, 1.165) is 135 Å². The van der Waals surface area contributed by atoms with Crippen LogP contribution in [0.2, 0.25) is 0 Å². The van der Waals surface area contributed by atoms with Crippen LogP contribution in [0.15, 0.2) is 158 Å². The number of hydrogen-bond donors (Lipinski definition) is 6. The van der Waals surface area contributed by atoms with Gasteiger partial charge in [0.25, 0.3) is 11.8 Å². The maximum absolute atomic E-state index is 13.4. The van der Waals surface area contributed by atoms with Crippen LogP contribution in [0.4, 0.5) is 0 Å². The number of methoxy groups -OCH3 is 2. The molecule has 514 valence electrons. The third-order valence-electron chi connectivity index (χ3n) is 16.8. The lowest BCUT2D eigenvalue weighted by molar-refractivity contribution is -0.139. The van der Waals surface area contributed by atoms with Gasteiger partial charge in [-0.2, -0.15) is 0 Å². The summed E-state index contributed by atoms with van der Waals surface area (Å²) in [6.45, 7) is 2.04. The number of unbranched alkanes of at least 4 members (excludes halogenated alkanes) is 14. The Bertz CT molecular complexity index is 3070. The second-order valence-corrected chi connectivity index (χ2v) is 24.4. The molecule has 0 atom stereocenters. The normalized spacial score (nSPS) is 10.8. The third-order valence-corrected chi connectivity index (χ3v) is 16.8. The summed E-state index contributed by atoms with van der Waals surface area (Å²) in [5.41, 5.74) is 7.08. The Labute approximate surface area is 568 Å². The maximum atomic E-state index is 13.4. The molecule has 0 aliphatic heterocycles. The number of rotatable bonds is 47. The van der Waals surface area contributed by atoms with Gasteiger partial charge in [-0.05, 0) is 133 Å². The van der Waals surface area contributed by atoms with Crippen LogP contribution in [-0.4, -0.2) is 137 Å². The molecule has 0 saturated carbocycles. The van der Waals surface area contributed by atoms with E-state index in [9.17, 15) is 38.4 Å². The van der Waals surface area contributed by atoms with Crippen LogP contribution in [0, 0.1) is 0 Å². The van der Waals surface area contributed by atoms with Crippen LogP contribution in [0.1, 0.15) is 159 Å². The maximum Gasteiger partial charge on any atom is 0.251 e. The van der Waals surface area contributed by atoms with Crippen molar-refractivity contribution in [3.05, 3.63) is 191 Å². The topological polar surface area (TPSA) is 234 Å². The molecule has 18 heteroatoms. The predicted molar refractivity (Wildman–Crippen MR) is 379 cm³/mol. The second kappa shape index (κ2) is 45.1. The molecule has 8 amide bonds. The summed E-state index contributed by atoms with van der Waals surface area (Å²) in [5.74, 6) is -0.418. The van der Waals surface area contributed by atoms with Crippen LogP contribution in [-0.2, 0) is 54.5 Å². The summed E-state index contributed by atoms with van der Waals surface area (Å²) < 4.78 is 10.5. The second-order valence-electron chi connectivity index (χ2n) is 24.4. The van der Waals surface area contributed by atoms with Crippen LogP contribution < -0.4 is 41.4 Å². The highest BCUT2D eigenvalue weighted by molar-refractivity contribution is 5.97. The molecule has 0 saturated heterocycles. The Morgan fingerprint density at radius 3 is 0.906 bits per heavy atom. The number of ether oxygens (including phenoxy) is 2. The minimum Gasteiger partial charge on any atom is -0.497 e. The zero-order chi connectivity index (χ0) is 68.2. The van der Waals surface area contributed by atoms with Crippen LogP contribution in [0.3, 0.4) is 0 Å². The first-order valence-corrected chi connectivity index (χ1v) is 34.6. The largest absolute Gasteiger partial charge is 0.497 e. The van der Waals surface area contributed by atoms with Crippen molar-refractivity contribution in [1.29, 1.82) is 0 Å². The monoisotopic (exact) mass is 1310 g/mol. The van der Waals surface area contributed by atoms with Gasteiger partial charge >= 0.3 is 0 Å². The number of amides is 8. The van der Waals surface area contributed by atoms with Crippen molar-refractivity contribution in [2.75, 3.05) is 79.7 Å². The van der Waals surface area contributed by atoms with Crippen LogP contribution >= 0.6 is 0 Å². The van der Waals surface area contributed by atoms with Crippen molar-refractivity contribution in [3.63, 3.8) is 0 Å². The van der Waals surface area contributed by atoms with Crippen molar-refractivity contribution in [2.45, 2.75) is 141 Å². The summed E-state index contributed by atoms with van der Waals surface area (Å²) in [5, 5.41) is 17.7. The molecule has 0 aliphatic carbocycles. The number of hydrogen-bond acceptors (Lipinski definition) is 10. The van der Waals surface area contributed by atoms with Crippen molar-refractivity contribution < 1.29 is 47.8 Å². The Balaban J connectivity index is 0.794. The molecule has 6 N–H and O–H groups in total. The Kier molecular flexibility index (Phi) is 35.6. The van der Waals surface area contributed by atoms with Crippen molar-refractivity contribution in [1.82, 2.24) is 41.7 Å². The van der Waals surface area contributed by atoms with Crippen LogP contribution in [0.5, 0.6) is 11.5 Å². The fourth-order valence-electron chi connectivity index (χ4n) is 11.2. The summed E-state index contributed by atoms with van der Waals surface area (Å²) >= 11 is 0. The molecule has 0 heterocycles. The molecule has 0 fully saturated rings. The molecule has 6 aromatic carbocycles. The molecule has 0 aromatic heterocycles. The van der Waals surface area contributed by atoms with Gasteiger partial charge in [-0.1, -0.05) is 186 Å². The summed E-state index contributed by atoms with van der Waals surface area (Å²) in [6, 6.07) is 49.9. The van der Waals surface area contributed by atoms with E-state index in [-0.39, 0.29) is 86.3 Å². The zero-order valence-electron chi connectivity index (χ0n) is 56.6. The van der Waals surface area contributed by atoms with E-state index < -0.39 is 0 Å². The smallest absolute Gasteiger partial charge is 0.251 e. The van der Waals surface area contributed by atoms with Crippen LogP contribution in [0.25, 0.3) is 11.1 Å². The van der Waals surface area contributed by atoms with Gasteiger partial charge in [0.15, 0.2) is 0 Å². The first kappa shape index (κ1) is 75.7. The number of nitrogens with one attached hydrogen (secondary N) is 6. The molecule has 0 bridgehead atoms. The fraction of sp³-hybridized carbons (Fsp3) is 0.436. The average molecular weight is 1310 g/mol. The van der Waals surface area contributed by atoms with E-state index >= 15 is 0 Å². The lowest BCUT2D eigenvalue weighted by atomic mass is 10.0. The minimum absolute atomic E-state index is 0.145. The molecule has 0 spiro atoms. The molecular weight excluding hydrogens is 1210 g/mol. The highest BCUT2D eigenvalue weighted by Gasteiger charge is 2.22.